The SMILES string of the molecule is NC(c1cc(-c2cnn3cc(-c4ccc(OCCN5CCCCC5)cc4)cnc23)cs1)C(F)(F)F. The lowest BCUT2D eigenvalue weighted by Gasteiger charge is -2.26. The lowest BCUT2D eigenvalue weighted by atomic mass is 10.1. The van der Waals surface area contributed by atoms with Gasteiger partial charge in [-0.1, -0.05) is 18.6 Å². The number of benzene rings is 1. The van der Waals surface area contributed by atoms with E-state index in [0.717, 1.165) is 47.8 Å². The molecule has 1 unspecified atom stereocenters. The number of thiophene rings is 1. The highest BCUT2D eigenvalue weighted by atomic mass is 32.1. The van der Waals surface area contributed by atoms with Crippen molar-refractivity contribution in [3.63, 3.8) is 0 Å². The Labute approximate surface area is 205 Å². The van der Waals surface area contributed by atoms with E-state index >= 15 is 0 Å². The molecule has 0 amide bonds. The molecular weight excluding hydrogens is 475 g/mol. The Kier molecular flexibility index (Phi) is 6.77. The topological polar surface area (TPSA) is 68.7 Å². The van der Waals surface area contributed by atoms with E-state index in [1.165, 1.54) is 25.3 Å². The second kappa shape index (κ2) is 9.96. The van der Waals surface area contributed by atoms with Gasteiger partial charge in [0.05, 0.1) is 6.20 Å². The molecule has 184 valence electrons. The molecule has 0 aliphatic carbocycles. The van der Waals surface area contributed by atoms with Gasteiger partial charge < -0.3 is 10.5 Å². The molecule has 10 heteroatoms. The molecule has 0 bridgehead atoms. The predicted molar refractivity (Wildman–Crippen MR) is 131 cm³/mol. The van der Waals surface area contributed by atoms with Crippen molar-refractivity contribution in [2.24, 2.45) is 5.73 Å². The summed E-state index contributed by atoms with van der Waals surface area (Å²) in [6.07, 6.45) is 4.58. The van der Waals surface area contributed by atoms with Gasteiger partial charge in [0.2, 0.25) is 0 Å². The average Bonchev–Trinajstić information content (AvgIpc) is 3.51. The van der Waals surface area contributed by atoms with Gasteiger partial charge in [0.15, 0.2) is 5.65 Å². The number of halogens is 3. The van der Waals surface area contributed by atoms with Crippen LogP contribution in [-0.2, 0) is 0 Å². The van der Waals surface area contributed by atoms with Gasteiger partial charge in [-0.05, 0) is 60.6 Å². The maximum atomic E-state index is 13.0. The number of hydrogen-bond acceptors (Lipinski definition) is 6. The van der Waals surface area contributed by atoms with Crippen LogP contribution in [0.4, 0.5) is 13.2 Å². The lowest BCUT2D eigenvalue weighted by molar-refractivity contribution is -0.148. The van der Waals surface area contributed by atoms with Crippen LogP contribution in [0.1, 0.15) is 30.2 Å². The number of rotatable bonds is 7. The highest BCUT2D eigenvalue weighted by molar-refractivity contribution is 7.10. The van der Waals surface area contributed by atoms with Crippen molar-refractivity contribution in [1.82, 2.24) is 19.5 Å². The van der Waals surface area contributed by atoms with Crippen molar-refractivity contribution in [3.05, 3.63) is 59.2 Å². The van der Waals surface area contributed by atoms with E-state index in [2.05, 4.69) is 15.0 Å². The predicted octanol–water partition coefficient (Wildman–Crippen LogP) is 5.55. The molecule has 0 radical (unpaired) electrons. The van der Waals surface area contributed by atoms with Crippen molar-refractivity contribution >= 4 is 17.0 Å². The molecule has 1 aromatic carbocycles. The molecule has 1 saturated heterocycles. The summed E-state index contributed by atoms with van der Waals surface area (Å²) in [6.45, 7) is 3.92. The van der Waals surface area contributed by atoms with E-state index in [4.69, 9.17) is 10.5 Å². The first kappa shape index (κ1) is 23.8. The number of nitrogens with two attached hydrogens (primary N) is 1. The molecule has 0 saturated carbocycles. The second-order valence-electron chi connectivity index (χ2n) is 8.70. The van der Waals surface area contributed by atoms with Gasteiger partial charge in [0, 0.05) is 34.9 Å². The second-order valence-corrected chi connectivity index (χ2v) is 9.64. The third-order valence-corrected chi connectivity index (χ3v) is 7.27. The Morgan fingerprint density at radius 3 is 2.54 bits per heavy atom. The van der Waals surface area contributed by atoms with Gasteiger partial charge in [0.1, 0.15) is 18.4 Å². The normalized spacial score (nSPS) is 16.0. The number of ether oxygens (including phenoxy) is 1. The number of piperidine rings is 1. The fraction of sp³-hybridized carbons (Fsp3) is 0.360. The van der Waals surface area contributed by atoms with E-state index in [9.17, 15) is 13.2 Å². The minimum absolute atomic E-state index is 0.0571. The zero-order chi connectivity index (χ0) is 24.4. The Morgan fingerprint density at radius 2 is 1.80 bits per heavy atom. The van der Waals surface area contributed by atoms with E-state index in [0.29, 0.717) is 23.4 Å². The Morgan fingerprint density at radius 1 is 1.03 bits per heavy atom. The minimum Gasteiger partial charge on any atom is -0.492 e. The van der Waals surface area contributed by atoms with Crippen LogP contribution >= 0.6 is 11.3 Å². The number of likely N-dealkylation sites (tertiary alicyclic amines) is 1. The third-order valence-electron chi connectivity index (χ3n) is 6.26. The molecule has 0 spiro atoms. The van der Waals surface area contributed by atoms with Crippen LogP contribution in [0, 0.1) is 0 Å². The zero-order valence-corrected chi connectivity index (χ0v) is 19.9. The highest BCUT2D eigenvalue weighted by Crippen LogP contribution is 2.37. The van der Waals surface area contributed by atoms with Crippen LogP contribution < -0.4 is 10.5 Å². The molecule has 3 aromatic heterocycles. The van der Waals surface area contributed by atoms with Gasteiger partial charge in [-0.3, -0.25) is 4.90 Å². The number of alkyl halides is 3. The van der Waals surface area contributed by atoms with Crippen LogP contribution in [0.25, 0.3) is 27.9 Å². The summed E-state index contributed by atoms with van der Waals surface area (Å²) < 4.78 is 46.4. The molecule has 1 aliphatic rings. The van der Waals surface area contributed by atoms with Gasteiger partial charge in [-0.15, -0.1) is 11.3 Å². The molecule has 5 rings (SSSR count). The first-order valence-electron chi connectivity index (χ1n) is 11.6. The molecule has 4 aromatic rings. The van der Waals surface area contributed by atoms with Crippen LogP contribution in [-0.4, -0.2) is 51.9 Å². The van der Waals surface area contributed by atoms with Crippen molar-refractivity contribution in [3.8, 4) is 28.0 Å². The Balaban J connectivity index is 1.27. The number of fused-ring (bicyclic) bond motifs is 1. The summed E-state index contributed by atoms with van der Waals surface area (Å²) in [6, 6.07) is 7.31. The molecule has 4 heterocycles. The Bertz CT molecular complexity index is 1280. The quantitative estimate of drug-likeness (QED) is 0.360. The van der Waals surface area contributed by atoms with E-state index in [1.54, 1.807) is 22.3 Å². The molecular formula is C25H26F3N5OS. The van der Waals surface area contributed by atoms with E-state index in [1.807, 2.05) is 30.5 Å². The van der Waals surface area contributed by atoms with Gasteiger partial charge >= 0.3 is 6.18 Å². The maximum absolute atomic E-state index is 13.0. The maximum Gasteiger partial charge on any atom is 0.408 e. The molecule has 1 atom stereocenters. The summed E-state index contributed by atoms with van der Waals surface area (Å²) in [5.41, 5.74) is 9.02. The van der Waals surface area contributed by atoms with Gasteiger partial charge in [-0.25, -0.2) is 9.50 Å². The molecule has 35 heavy (non-hydrogen) atoms. The fourth-order valence-electron chi connectivity index (χ4n) is 4.27. The number of hydrogen-bond donors (Lipinski definition) is 1. The summed E-state index contributed by atoms with van der Waals surface area (Å²) in [4.78, 5) is 7.04. The van der Waals surface area contributed by atoms with E-state index in [-0.39, 0.29) is 4.88 Å². The van der Waals surface area contributed by atoms with Crippen molar-refractivity contribution < 1.29 is 17.9 Å². The Hall–Kier alpha value is -2.95. The smallest absolute Gasteiger partial charge is 0.408 e. The number of nitrogens with zero attached hydrogens (tertiary/aromatic N) is 4. The molecule has 6 nitrogen and oxygen atoms in total. The highest BCUT2D eigenvalue weighted by Gasteiger charge is 2.38. The lowest BCUT2D eigenvalue weighted by Crippen LogP contribution is -2.33. The zero-order valence-electron chi connectivity index (χ0n) is 19.0. The monoisotopic (exact) mass is 501 g/mol. The van der Waals surface area contributed by atoms with Crippen molar-refractivity contribution in [2.45, 2.75) is 31.5 Å². The van der Waals surface area contributed by atoms with Crippen LogP contribution in [0.2, 0.25) is 0 Å². The van der Waals surface area contributed by atoms with Gasteiger partial charge in [0.25, 0.3) is 0 Å². The molecule has 1 aliphatic heterocycles. The fourth-order valence-corrected chi connectivity index (χ4v) is 5.20. The largest absolute Gasteiger partial charge is 0.492 e. The van der Waals surface area contributed by atoms with Crippen LogP contribution in [0.15, 0.2) is 54.3 Å². The van der Waals surface area contributed by atoms with Crippen LogP contribution in [0.3, 0.4) is 0 Å². The van der Waals surface area contributed by atoms with E-state index < -0.39 is 12.2 Å². The van der Waals surface area contributed by atoms with Gasteiger partial charge in [-0.2, -0.15) is 18.3 Å². The summed E-state index contributed by atoms with van der Waals surface area (Å²) in [7, 11) is 0. The molecule has 1 fully saturated rings. The first-order chi connectivity index (χ1) is 16.9. The number of aromatic nitrogens is 3. The molecule has 2 N–H and O–H groups in total. The summed E-state index contributed by atoms with van der Waals surface area (Å²) in [5, 5.41) is 6.01. The minimum atomic E-state index is -4.48. The van der Waals surface area contributed by atoms with Crippen molar-refractivity contribution in [2.75, 3.05) is 26.2 Å². The average molecular weight is 502 g/mol. The summed E-state index contributed by atoms with van der Waals surface area (Å²) >= 11 is 0.982. The third kappa shape index (κ3) is 5.34. The van der Waals surface area contributed by atoms with Crippen molar-refractivity contribution in [1.29, 1.82) is 0 Å². The van der Waals surface area contributed by atoms with Crippen LogP contribution in [0.5, 0.6) is 5.75 Å². The standard InChI is InChI=1S/C25H26F3N5OS/c26-25(27,28)23(29)22-12-18(16-35-22)21-14-31-33-15-19(13-30-24(21)33)17-4-6-20(7-5-17)34-11-10-32-8-2-1-3-9-32/h4-7,12-16,23H,1-3,8-11,29H2. The first-order valence-corrected chi connectivity index (χ1v) is 12.5. The summed E-state index contributed by atoms with van der Waals surface area (Å²) in [5.74, 6) is 0.825.